The van der Waals surface area contributed by atoms with Crippen molar-refractivity contribution in [2.24, 2.45) is 3.77 Å². The fraction of sp³-hybridized carbons (Fsp3) is 0.538. The van der Waals surface area contributed by atoms with E-state index in [1.54, 1.807) is 24.3 Å². The van der Waals surface area contributed by atoms with Crippen molar-refractivity contribution in [3.63, 3.8) is 0 Å². The third-order valence-corrected chi connectivity index (χ3v) is 7.39. The molecule has 0 radical (unpaired) electrons. The maximum atomic E-state index is 12.7. The van der Waals surface area contributed by atoms with Crippen LogP contribution in [0.5, 0.6) is 5.75 Å². The van der Waals surface area contributed by atoms with E-state index in [1.165, 1.54) is 17.7 Å². The van der Waals surface area contributed by atoms with Gasteiger partial charge in [0.2, 0.25) is 0 Å². The number of piperidine rings is 1. The van der Waals surface area contributed by atoms with Crippen LogP contribution in [0.3, 0.4) is 0 Å². The van der Waals surface area contributed by atoms with Gasteiger partial charge in [0.1, 0.15) is 5.75 Å². The zero-order chi connectivity index (χ0) is 15.5. The summed E-state index contributed by atoms with van der Waals surface area (Å²) in [5.41, 5.74) is 0. The minimum atomic E-state index is -3.87. The maximum Gasteiger partial charge on any atom is 0.330 e. The van der Waals surface area contributed by atoms with Crippen molar-refractivity contribution in [3.05, 3.63) is 24.3 Å². The van der Waals surface area contributed by atoms with Gasteiger partial charge in [0.05, 0.1) is 21.7 Å². The van der Waals surface area contributed by atoms with E-state index >= 15 is 0 Å². The van der Waals surface area contributed by atoms with Gasteiger partial charge in [-0.2, -0.15) is 12.7 Å². The Morgan fingerprint density at radius 2 is 1.81 bits per heavy atom. The molecule has 0 saturated carbocycles. The highest BCUT2D eigenvalue weighted by Crippen LogP contribution is 2.21. The zero-order valence-electron chi connectivity index (χ0n) is 12.2. The van der Waals surface area contributed by atoms with E-state index in [-0.39, 0.29) is 0 Å². The summed E-state index contributed by atoms with van der Waals surface area (Å²) in [6, 6.07) is 6.52. The number of benzene rings is 1. The van der Waals surface area contributed by atoms with Gasteiger partial charge in [0.25, 0.3) is 0 Å². The average Bonchev–Trinajstić information content (AvgIpc) is 2.47. The van der Waals surface area contributed by atoms with Crippen LogP contribution in [-0.4, -0.2) is 43.4 Å². The summed E-state index contributed by atoms with van der Waals surface area (Å²) < 4.78 is 47.3. The monoisotopic (exact) mass is 332 g/mol. The second kappa shape index (κ2) is 6.33. The molecule has 118 valence electrons. The maximum absolute atomic E-state index is 12.7. The van der Waals surface area contributed by atoms with E-state index in [4.69, 9.17) is 4.74 Å². The van der Waals surface area contributed by atoms with Gasteiger partial charge in [-0.15, -0.1) is 0 Å². The molecule has 1 heterocycles. The van der Waals surface area contributed by atoms with E-state index in [0.717, 1.165) is 19.3 Å². The SMILES string of the molecule is COc1cccc(S(C)(=O)=NS(=O)(=O)N2CCCCC2)c1. The van der Waals surface area contributed by atoms with Crippen LogP contribution < -0.4 is 4.74 Å². The van der Waals surface area contributed by atoms with Gasteiger partial charge in [-0.3, -0.25) is 0 Å². The Bertz CT molecular complexity index is 715. The Morgan fingerprint density at radius 3 is 2.43 bits per heavy atom. The largest absolute Gasteiger partial charge is 0.497 e. The predicted octanol–water partition coefficient (Wildman–Crippen LogP) is 1.88. The number of hydrogen-bond donors (Lipinski definition) is 0. The van der Waals surface area contributed by atoms with Crippen LogP contribution in [0.4, 0.5) is 0 Å². The van der Waals surface area contributed by atoms with Gasteiger partial charge in [-0.05, 0) is 31.0 Å². The molecule has 1 unspecified atom stereocenters. The van der Waals surface area contributed by atoms with Crippen LogP contribution in [0.2, 0.25) is 0 Å². The highest BCUT2D eigenvalue weighted by molar-refractivity contribution is 8.02. The second-order valence-corrected chi connectivity index (χ2v) is 9.08. The van der Waals surface area contributed by atoms with Crippen LogP contribution in [-0.2, 0) is 19.9 Å². The van der Waals surface area contributed by atoms with Gasteiger partial charge in [0, 0.05) is 19.3 Å². The molecule has 1 aliphatic heterocycles. The van der Waals surface area contributed by atoms with Gasteiger partial charge >= 0.3 is 10.2 Å². The molecule has 1 fully saturated rings. The summed E-state index contributed by atoms with van der Waals surface area (Å²) in [5.74, 6) is 0.521. The second-order valence-electron chi connectivity index (χ2n) is 4.99. The quantitative estimate of drug-likeness (QED) is 0.843. The molecule has 0 aliphatic carbocycles. The summed E-state index contributed by atoms with van der Waals surface area (Å²) in [7, 11) is -5.40. The summed E-state index contributed by atoms with van der Waals surface area (Å²) in [6.07, 6.45) is 3.99. The minimum Gasteiger partial charge on any atom is -0.497 e. The predicted molar refractivity (Wildman–Crippen MR) is 82.1 cm³/mol. The van der Waals surface area contributed by atoms with Gasteiger partial charge < -0.3 is 4.74 Å². The fourth-order valence-corrected chi connectivity index (χ4v) is 5.75. The van der Waals surface area contributed by atoms with Crippen LogP contribution in [0.25, 0.3) is 0 Å². The summed E-state index contributed by atoms with van der Waals surface area (Å²) >= 11 is 0. The van der Waals surface area contributed by atoms with Crippen molar-refractivity contribution in [1.29, 1.82) is 0 Å². The molecule has 8 heteroatoms. The third kappa shape index (κ3) is 3.96. The Kier molecular flexibility index (Phi) is 4.90. The summed E-state index contributed by atoms with van der Waals surface area (Å²) in [6.45, 7) is 0.888. The van der Waals surface area contributed by atoms with Gasteiger partial charge in [-0.25, -0.2) is 4.21 Å². The van der Waals surface area contributed by atoms with Crippen molar-refractivity contribution in [3.8, 4) is 5.75 Å². The Morgan fingerprint density at radius 1 is 1.14 bits per heavy atom. The minimum absolute atomic E-state index is 0.349. The number of nitrogens with zero attached hydrogens (tertiary/aromatic N) is 2. The van der Waals surface area contributed by atoms with Crippen molar-refractivity contribution in [2.75, 3.05) is 26.5 Å². The first-order valence-electron chi connectivity index (χ1n) is 6.73. The molecule has 6 nitrogen and oxygen atoms in total. The molecule has 1 saturated heterocycles. The van der Waals surface area contributed by atoms with E-state index in [1.807, 2.05) is 0 Å². The summed E-state index contributed by atoms with van der Waals surface area (Å²) in [5, 5.41) is 0. The number of methoxy groups -OCH3 is 1. The van der Waals surface area contributed by atoms with Crippen molar-refractivity contribution in [1.82, 2.24) is 4.31 Å². The van der Waals surface area contributed by atoms with Crippen molar-refractivity contribution < 1.29 is 17.4 Å². The van der Waals surface area contributed by atoms with E-state index in [2.05, 4.69) is 3.77 Å². The molecule has 1 atom stereocenters. The third-order valence-electron chi connectivity index (χ3n) is 3.36. The van der Waals surface area contributed by atoms with Gasteiger partial charge in [-0.1, -0.05) is 16.3 Å². The molecule has 1 aliphatic rings. The Labute approximate surface area is 126 Å². The molecule has 2 rings (SSSR count). The Balaban J connectivity index is 2.39. The molecular formula is C13H20N2O4S2. The molecule has 1 aromatic carbocycles. The zero-order valence-corrected chi connectivity index (χ0v) is 13.8. The smallest absolute Gasteiger partial charge is 0.330 e. The highest BCUT2D eigenvalue weighted by atomic mass is 32.3. The lowest BCUT2D eigenvalue weighted by molar-refractivity contribution is 0.347. The molecule has 0 bridgehead atoms. The molecule has 21 heavy (non-hydrogen) atoms. The first kappa shape index (κ1) is 16.3. The highest BCUT2D eigenvalue weighted by Gasteiger charge is 2.25. The lowest BCUT2D eigenvalue weighted by Gasteiger charge is -2.23. The topological polar surface area (TPSA) is 76.0 Å². The van der Waals surface area contributed by atoms with Crippen LogP contribution >= 0.6 is 0 Å². The Hall–Kier alpha value is -1.12. The lowest BCUT2D eigenvalue weighted by atomic mass is 10.2. The average molecular weight is 332 g/mol. The van der Waals surface area contributed by atoms with Crippen molar-refractivity contribution in [2.45, 2.75) is 24.2 Å². The molecule has 0 N–H and O–H groups in total. The molecule has 0 aromatic heterocycles. The fourth-order valence-electron chi connectivity index (χ4n) is 2.20. The first-order valence-corrected chi connectivity index (χ1v) is 10.0. The van der Waals surface area contributed by atoms with Crippen LogP contribution in [0.15, 0.2) is 32.9 Å². The molecule has 1 aromatic rings. The van der Waals surface area contributed by atoms with E-state index in [0.29, 0.717) is 23.7 Å². The number of hydrogen-bond acceptors (Lipinski definition) is 4. The van der Waals surface area contributed by atoms with Crippen LogP contribution in [0, 0.1) is 0 Å². The van der Waals surface area contributed by atoms with E-state index < -0.39 is 19.9 Å². The molecule has 0 amide bonds. The lowest BCUT2D eigenvalue weighted by Crippen LogP contribution is -2.34. The molecular weight excluding hydrogens is 312 g/mol. The van der Waals surface area contributed by atoms with Crippen LogP contribution in [0.1, 0.15) is 19.3 Å². The van der Waals surface area contributed by atoms with Crippen molar-refractivity contribution >= 4 is 19.9 Å². The standard InChI is InChI=1S/C13H20N2O4S2/c1-19-12-7-6-8-13(11-12)20(2,16)14-21(17,18)15-9-4-3-5-10-15/h6-8,11H,3-5,9-10H2,1-2H3. The first-order chi connectivity index (χ1) is 9.85. The van der Waals surface area contributed by atoms with Gasteiger partial charge in [0.15, 0.2) is 0 Å². The number of rotatable bonds is 4. The summed E-state index contributed by atoms with van der Waals surface area (Å²) in [4.78, 5) is 0.349. The van der Waals surface area contributed by atoms with E-state index in [9.17, 15) is 12.6 Å². The number of ether oxygens (including phenoxy) is 1. The molecule has 0 spiro atoms. The normalized spacial score (nSPS) is 19.7.